The minimum atomic E-state index is 0.238. The van der Waals surface area contributed by atoms with Gasteiger partial charge in [0, 0.05) is 5.02 Å². The fraction of sp³-hybridized carbons (Fsp3) is 0.455. The normalized spacial score (nSPS) is 18.1. The second-order valence-corrected chi connectivity index (χ2v) is 4.59. The van der Waals surface area contributed by atoms with Crippen LogP contribution in [-0.4, -0.2) is 11.7 Å². The molecule has 1 aliphatic carbocycles. The first-order chi connectivity index (χ1) is 6.65. The SMILES string of the molecule is NCC1(Cc2cc(Cl)ccc2O)CC1. The van der Waals surface area contributed by atoms with E-state index in [1.54, 1.807) is 12.1 Å². The smallest absolute Gasteiger partial charge is 0.118 e. The first-order valence-corrected chi connectivity index (χ1v) is 5.20. The topological polar surface area (TPSA) is 46.2 Å². The van der Waals surface area contributed by atoms with E-state index in [2.05, 4.69) is 0 Å². The molecular weight excluding hydrogens is 198 g/mol. The standard InChI is InChI=1S/C11H14ClNO/c12-9-1-2-10(14)8(5-9)6-11(7-13)3-4-11/h1-2,5,14H,3-4,6-7,13H2. The maximum Gasteiger partial charge on any atom is 0.118 e. The van der Waals surface area contributed by atoms with Gasteiger partial charge in [-0.3, -0.25) is 0 Å². The number of halogens is 1. The molecule has 1 aromatic carbocycles. The van der Waals surface area contributed by atoms with Gasteiger partial charge < -0.3 is 10.8 Å². The first kappa shape index (κ1) is 9.81. The largest absolute Gasteiger partial charge is 0.508 e. The van der Waals surface area contributed by atoms with Crippen LogP contribution < -0.4 is 5.73 Å². The van der Waals surface area contributed by atoms with Crippen molar-refractivity contribution in [1.29, 1.82) is 0 Å². The van der Waals surface area contributed by atoms with Crippen LogP contribution in [0.4, 0.5) is 0 Å². The molecule has 0 heterocycles. The summed E-state index contributed by atoms with van der Waals surface area (Å²) in [7, 11) is 0. The van der Waals surface area contributed by atoms with Crippen molar-refractivity contribution in [3.63, 3.8) is 0 Å². The van der Waals surface area contributed by atoms with Crippen molar-refractivity contribution in [2.24, 2.45) is 11.1 Å². The summed E-state index contributed by atoms with van der Waals surface area (Å²) in [6, 6.07) is 5.17. The van der Waals surface area contributed by atoms with Crippen molar-refractivity contribution in [3.8, 4) is 5.75 Å². The molecular formula is C11H14ClNO. The number of phenolic OH excluding ortho intramolecular Hbond substituents is 1. The zero-order chi connectivity index (χ0) is 10.2. The Kier molecular flexibility index (Phi) is 2.41. The van der Waals surface area contributed by atoms with Gasteiger partial charge in [0.05, 0.1) is 0 Å². The van der Waals surface area contributed by atoms with Gasteiger partial charge in [-0.05, 0) is 55.0 Å². The lowest BCUT2D eigenvalue weighted by Crippen LogP contribution is -2.17. The Balaban J connectivity index is 2.20. The number of hydrogen-bond donors (Lipinski definition) is 2. The lowest BCUT2D eigenvalue weighted by atomic mass is 9.96. The van der Waals surface area contributed by atoms with Crippen molar-refractivity contribution in [3.05, 3.63) is 28.8 Å². The van der Waals surface area contributed by atoms with Gasteiger partial charge in [0.15, 0.2) is 0 Å². The lowest BCUT2D eigenvalue weighted by molar-refractivity contribution is 0.450. The van der Waals surface area contributed by atoms with Crippen LogP contribution in [0, 0.1) is 5.41 Å². The summed E-state index contributed by atoms with van der Waals surface area (Å²) < 4.78 is 0. The summed E-state index contributed by atoms with van der Waals surface area (Å²) in [6.45, 7) is 0.693. The predicted octanol–water partition coefficient (Wildman–Crippen LogP) is 2.33. The summed E-state index contributed by atoms with van der Waals surface area (Å²) in [5.41, 5.74) is 6.85. The molecule has 0 saturated heterocycles. The van der Waals surface area contributed by atoms with Gasteiger partial charge in [0.25, 0.3) is 0 Å². The molecule has 0 amide bonds. The Morgan fingerprint density at radius 1 is 1.43 bits per heavy atom. The molecule has 3 heteroatoms. The molecule has 0 unspecified atom stereocenters. The first-order valence-electron chi connectivity index (χ1n) is 4.83. The van der Waals surface area contributed by atoms with Gasteiger partial charge in [-0.1, -0.05) is 11.6 Å². The Bertz CT molecular complexity index is 347. The Morgan fingerprint density at radius 3 is 2.71 bits per heavy atom. The van der Waals surface area contributed by atoms with Crippen molar-refractivity contribution in [2.75, 3.05) is 6.54 Å². The highest BCUT2D eigenvalue weighted by atomic mass is 35.5. The van der Waals surface area contributed by atoms with Crippen LogP contribution in [0.3, 0.4) is 0 Å². The zero-order valence-electron chi connectivity index (χ0n) is 7.96. The van der Waals surface area contributed by atoms with E-state index in [0.29, 0.717) is 17.3 Å². The molecule has 0 aliphatic heterocycles. The van der Waals surface area contributed by atoms with Crippen molar-refractivity contribution >= 4 is 11.6 Å². The summed E-state index contributed by atoms with van der Waals surface area (Å²) in [5, 5.41) is 10.3. The number of rotatable bonds is 3. The average molecular weight is 212 g/mol. The molecule has 2 rings (SSSR count). The Morgan fingerprint density at radius 2 is 2.14 bits per heavy atom. The van der Waals surface area contributed by atoms with E-state index in [0.717, 1.165) is 24.8 Å². The van der Waals surface area contributed by atoms with E-state index in [4.69, 9.17) is 17.3 Å². The van der Waals surface area contributed by atoms with Gasteiger partial charge in [-0.2, -0.15) is 0 Å². The third kappa shape index (κ3) is 1.86. The van der Waals surface area contributed by atoms with Gasteiger partial charge in [0.2, 0.25) is 0 Å². The van der Waals surface area contributed by atoms with Gasteiger partial charge in [0.1, 0.15) is 5.75 Å². The average Bonchev–Trinajstić information content (AvgIpc) is 2.92. The van der Waals surface area contributed by atoms with Gasteiger partial charge >= 0.3 is 0 Å². The molecule has 0 radical (unpaired) electrons. The van der Waals surface area contributed by atoms with Gasteiger partial charge in [-0.15, -0.1) is 0 Å². The molecule has 2 nitrogen and oxygen atoms in total. The molecule has 0 bridgehead atoms. The second-order valence-electron chi connectivity index (χ2n) is 4.15. The minimum absolute atomic E-state index is 0.238. The summed E-state index contributed by atoms with van der Waals surface area (Å²) in [4.78, 5) is 0. The van der Waals surface area contributed by atoms with Crippen molar-refractivity contribution in [2.45, 2.75) is 19.3 Å². The summed E-state index contributed by atoms with van der Waals surface area (Å²) >= 11 is 5.87. The highest BCUT2D eigenvalue weighted by Crippen LogP contribution is 2.48. The van der Waals surface area contributed by atoms with Crippen molar-refractivity contribution < 1.29 is 5.11 Å². The van der Waals surface area contributed by atoms with E-state index >= 15 is 0 Å². The molecule has 1 saturated carbocycles. The quantitative estimate of drug-likeness (QED) is 0.806. The van der Waals surface area contributed by atoms with Crippen molar-refractivity contribution in [1.82, 2.24) is 0 Å². The summed E-state index contributed by atoms with van der Waals surface area (Å²) in [6.07, 6.45) is 3.17. The van der Waals surface area contributed by atoms with Crippen LogP contribution in [0.25, 0.3) is 0 Å². The predicted molar refractivity (Wildman–Crippen MR) is 57.5 cm³/mol. The molecule has 1 fully saturated rings. The minimum Gasteiger partial charge on any atom is -0.508 e. The molecule has 14 heavy (non-hydrogen) atoms. The second kappa shape index (κ2) is 3.44. The van der Waals surface area contributed by atoms with Crippen LogP contribution in [0.5, 0.6) is 5.75 Å². The van der Waals surface area contributed by atoms with Gasteiger partial charge in [-0.25, -0.2) is 0 Å². The molecule has 0 spiro atoms. The third-order valence-electron chi connectivity index (χ3n) is 3.00. The van der Waals surface area contributed by atoms with E-state index in [1.165, 1.54) is 0 Å². The van der Waals surface area contributed by atoms with Crippen LogP contribution in [-0.2, 0) is 6.42 Å². The summed E-state index contributed by atoms with van der Waals surface area (Å²) in [5.74, 6) is 0.328. The van der Waals surface area contributed by atoms with E-state index in [-0.39, 0.29) is 5.41 Å². The molecule has 76 valence electrons. The fourth-order valence-electron chi connectivity index (χ4n) is 1.73. The number of hydrogen-bond acceptors (Lipinski definition) is 2. The lowest BCUT2D eigenvalue weighted by Gasteiger charge is -2.13. The Hall–Kier alpha value is -0.730. The maximum absolute atomic E-state index is 9.62. The number of phenols is 1. The number of aromatic hydroxyl groups is 1. The Labute approximate surface area is 88.7 Å². The highest BCUT2D eigenvalue weighted by Gasteiger charge is 2.41. The highest BCUT2D eigenvalue weighted by molar-refractivity contribution is 6.30. The molecule has 1 aromatic rings. The molecule has 0 aromatic heterocycles. The van der Waals surface area contributed by atoms with E-state index in [1.807, 2.05) is 6.07 Å². The maximum atomic E-state index is 9.62. The van der Waals surface area contributed by atoms with Crippen LogP contribution in [0.2, 0.25) is 5.02 Å². The van der Waals surface area contributed by atoms with Crippen LogP contribution in [0.1, 0.15) is 18.4 Å². The molecule has 0 atom stereocenters. The fourth-order valence-corrected chi connectivity index (χ4v) is 1.92. The zero-order valence-corrected chi connectivity index (χ0v) is 8.72. The number of nitrogens with two attached hydrogens (primary N) is 1. The monoisotopic (exact) mass is 211 g/mol. The van der Waals surface area contributed by atoms with Crippen LogP contribution >= 0.6 is 11.6 Å². The van der Waals surface area contributed by atoms with Crippen LogP contribution in [0.15, 0.2) is 18.2 Å². The number of benzene rings is 1. The van der Waals surface area contributed by atoms with E-state index in [9.17, 15) is 5.11 Å². The molecule has 3 N–H and O–H groups in total. The third-order valence-corrected chi connectivity index (χ3v) is 3.23. The van der Waals surface area contributed by atoms with E-state index < -0.39 is 0 Å². The molecule has 1 aliphatic rings.